The van der Waals surface area contributed by atoms with Gasteiger partial charge in [0.25, 0.3) is 0 Å². The first-order valence-electron chi connectivity index (χ1n) is 7.66. The van der Waals surface area contributed by atoms with Crippen LogP contribution in [0.3, 0.4) is 0 Å². The smallest absolute Gasteiger partial charge is 0.333 e. The van der Waals surface area contributed by atoms with Gasteiger partial charge in [0.05, 0.1) is 0 Å². The van der Waals surface area contributed by atoms with Gasteiger partial charge in [-0.3, -0.25) is 4.79 Å². The van der Waals surface area contributed by atoms with Crippen molar-refractivity contribution in [1.82, 2.24) is 0 Å². The molecule has 1 aliphatic rings. The van der Waals surface area contributed by atoms with Crippen molar-refractivity contribution in [2.45, 2.75) is 33.3 Å². The van der Waals surface area contributed by atoms with Crippen LogP contribution in [0.1, 0.15) is 25.2 Å². The van der Waals surface area contributed by atoms with E-state index in [2.05, 4.69) is 0 Å². The summed E-state index contributed by atoms with van der Waals surface area (Å²) in [5.41, 5.74) is 0.898. The maximum atomic E-state index is 12.1. The fourth-order valence-corrected chi connectivity index (χ4v) is 2.67. The Morgan fingerprint density at radius 2 is 2.17 bits per heavy atom. The zero-order chi connectivity index (χ0) is 17.4. The van der Waals surface area contributed by atoms with Gasteiger partial charge in [-0.15, -0.1) is 0 Å². The van der Waals surface area contributed by atoms with Crippen LogP contribution in [0.4, 0.5) is 0 Å². The highest BCUT2D eigenvalue weighted by molar-refractivity contribution is 5.88. The second-order valence-corrected chi connectivity index (χ2v) is 5.81. The summed E-state index contributed by atoms with van der Waals surface area (Å²) in [6.45, 7) is 5.26. The number of fused-ring (bicyclic) bond motifs is 2. The van der Waals surface area contributed by atoms with Gasteiger partial charge < -0.3 is 19.0 Å². The number of carbonyl (C=O) groups excluding carboxylic acids is 1. The number of aryl methyl sites for hydroxylation is 1. The highest BCUT2D eigenvalue weighted by atomic mass is 16.6. The minimum atomic E-state index is -0.527. The van der Waals surface area contributed by atoms with Crippen molar-refractivity contribution >= 4 is 16.9 Å². The van der Waals surface area contributed by atoms with Gasteiger partial charge in [0, 0.05) is 29.7 Å². The monoisotopic (exact) mass is 330 g/mol. The van der Waals surface area contributed by atoms with E-state index in [-0.39, 0.29) is 35.2 Å². The lowest BCUT2D eigenvalue weighted by atomic mass is 10.00. The molecule has 0 amide bonds. The van der Waals surface area contributed by atoms with E-state index in [9.17, 15) is 14.7 Å². The normalized spacial score (nSPS) is 17.3. The van der Waals surface area contributed by atoms with E-state index in [1.807, 2.05) is 0 Å². The van der Waals surface area contributed by atoms with Gasteiger partial charge in [0.15, 0.2) is 5.43 Å². The summed E-state index contributed by atoms with van der Waals surface area (Å²) in [5, 5.41) is 10.6. The molecule has 3 rings (SSSR count). The fraction of sp³-hybridized carbons (Fsp3) is 0.333. The molecule has 6 heteroatoms. The molecule has 24 heavy (non-hydrogen) atoms. The van der Waals surface area contributed by atoms with Crippen LogP contribution >= 0.6 is 0 Å². The third kappa shape index (κ3) is 2.75. The van der Waals surface area contributed by atoms with Crippen LogP contribution in [0.15, 0.2) is 33.0 Å². The molecule has 2 aromatic rings. The Morgan fingerprint density at radius 3 is 2.88 bits per heavy atom. The largest absolute Gasteiger partial charge is 0.507 e. The Bertz CT molecular complexity index is 906. The highest BCUT2D eigenvalue weighted by Crippen LogP contribution is 2.38. The Hall–Kier alpha value is -2.76. The molecular formula is C18H18O6. The molecule has 0 fully saturated rings. The number of hydrogen-bond donors (Lipinski definition) is 1. The standard InChI is InChI=1S/C18H18O6/c1-4-9(2)18(21)24-11-6-12-14(22-8-11)7-15-16(17(12)20)13(19)5-10(3)23-15/h4-5,7,11,20H,6,8H2,1-3H3/b9-4+/t11-/m0/s1. The minimum Gasteiger partial charge on any atom is -0.507 e. The third-order valence-electron chi connectivity index (χ3n) is 4.07. The van der Waals surface area contributed by atoms with Crippen LogP contribution in [0.2, 0.25) is 0 Å². The maximum absolute atomic E-state index is 12.1. The first kappa shape index (κ1) is 16.1. The number of allylic oxidation sites excluding steroid dienone is 1. The van der Waals surface area contributed by atoms with Crippen molar-refractivity contribution in [3.63, 3.8) is 0 Å². The van der Waals surface area contributed by atoms with Crippen molar-refractivity contribution in [2.75, 3.05) is 6.61 Å². The van der Waals surface area contributed by atoms with Gasteiger partial charge >= 0.3 is 5.97 Å². The van der Waals surface area contributed by atoms with E-state index < -0.39 is 12.1 Å². The van der Waals surface area contributed by atoms with Crippen LogP contribution in [0, 0.1) is 6.92 Å². The van der Waals surface area contributed by atoms with Crippen LogP contribution in [-0.4, -0.2) is 23.8 Å². The summed E-state index contributed by atoms with van der Waals surface area (Å²) in [5.74, 6) is 0.282. The molecule has 1 N–H and O–H groups in total. The van der Waals surface area contributed by atoms with E-state index >= 15 is 0 Å². The Morgan fingerprint density at radius 1 is 1.42 bits per heavy atom. The van der Waals surface area contributed by atoms with E-state index in [4.69, 9.17) is 13.9 Å². The molecule has 1 aromatic heterocycles. The number of ether oxygens (including phenoxy) is 2. The summed E-state index contributed by atoms with van der Waals surface area (Å²) in [6.07, 6.45) is 1.41. The first-order valence-corrected chi connectivity index (χ1v) is 7.66. The van der Waals surface area contributed by atoms with Crippen molar-refractivity contribution in [3.8, 4) is 11.5 Å². The second kappa shape index (κ2) is 6.03. The summed E-state index contributed by atoms with van der Waals surface area (Å²) < 4.78 is 16.5. The third-order valence-corrected chi connectivity index (χ3v) is 4.07. The number of phenols is 1. The van der Waals surface area contributed by atoms with Gasteiger partial charge in [-0.2, -0.15) is 0 Å². The van der Waals surface area contributed by atoms with Gasteiger partial charge in [-0.05, 0) is 20.8 Å². The lowest BCUT2D eigenvalue weighted by molar-refractivity contribution is -0.146. The molecule has 6 nitrogen and oxygen atoms in total. The molecule has 0 unspecified atom stereocenters. The Kier molecular flexibility index (Phi) is 4.05. The summed E-state index contributed by atoms with van der Waals surface area (Å²) in [6, 6.07) is 2.92. The van der Waals surface area contributed by atoms with Crippen LogP contribution < -0.4 is 10.2 Å². The molecule has 126 valence electrons. The Labute approximate surface area is 138 Å². The van der Waals surface area contributed by atoms with Crippen LogP contribution in [0.5, 0.6) is 11.5 Å². The van der Waals surface area contributed by atoms with Crippen molar-refractivity contribution < 1.29 is 23.8 Å². The molecule has 0 saturated carbocycles. The summed E-state index contributed by atoms with van der Waals surface area (Å²) >= 11 is 0. The second-order valence-electron chi connectivity index (χ2n) is 5.81. The Balaban J connectivity index is 1.98. The number of hydrogen-bond acceptors (Lipinski definition) is 6. The zero-order valence-corrected chi connectivity index (χ0v) is 13.7. The number of benzene rings is 1. The van der Waals surface area contributed by atoms with Crippen molar-refractivity contribution in [2.24, 2.45) is 0 Å². The van der Waals surface area contributed by atoms with E-state index in [0.29, 0.717) is 22.6 Å². The zero-order valence-electron chi connectivity index (χ0n) is 13.7. The van der Waals surface area contributed by atoms with Gasteiger partial charge in [0.2, 0.25) is 0 Å². The van der Waals surface area contributed by atoms with E-state index in [1.54, 1.807) is 32.9 Å². The van der Waals surface area contributed by atoms with E-state index in [1.165, 1.54) is 6.07 Å². The molecule has 0 aliphatic carbocycles. The quantitative estimate of drug-likeness (QED) is 0.673. The molecule has 0 spiro atoms. The average molecular weight is 330 g/mol. The number of rotatable bonds is 2. The molecule has 0 bridgehead atoms. The van der Waals surface area contributed by atoms with Gasteiger partial charge in [-0.1, -0.05) is 6.08 Å². The fourth-order valence-electron chi connectivity index (χ4n) is 2.67. The number of phenolic OH excluding ortho intramolecular Hbond substituents is 1. The summed E-state index contributed by atoms with van der Waals surface area (Å²) in [4.78, 5) is 24.0. The predicted molar refractivity (Wildman–Crippen MR) is 87.4 cm³/mol. The average Bonchev–Trinajstić information content (AvgIpc) is 2.54. The maximum Gasteiger partial charge on any atom is 0.333 e. The summed E-state index contributed by atoms with van der Waals surface area (Å²) in [7, 11) is 0. The number of carbonyl (C=O) groups is 1. The lowest BCUT2D eigenvalue weighted by Crippen LogP contribution is -2.31. The molecule has 0 radical (unpaired) electrons. The molecule has 2 heterocycles. The number of esters is 1. The molecule has 1 atom stereocenters. The lowest BCUT2D eigenvalue weighted by Gasteiger charge is -2.26. The van der Waals surface area contributed by atoms with Crippen LogP contribution in [0.25, 0.3) is 11.0 Å². The SMILES string of the molecule is C/C=C(\C)C(=O)O[C@@H]1COc2cc3oc(C)cc(=O)c3c(O)c2C1. The van der Waals surface area contributed by atoms with Crippen molar-refractivity contribution in [1.29, 1.82) is 0 Å². The highest BCUT2D eigenvalue weighted by Gasteiger charge is 2.28. The van der Waals surface area contributed by atoms with Gasteiger partial charge in [0.1, 0.15) is 40.9 Å². The first-order chi connectivity index (χ1) is 11.4. The van der Waals surface area contributed by atoms with Crippen molar-refractivity contribution in [3.05, 3.63) is 45.3 Å². The molecular weight excluding hydrogens is 312 g/mol. The number of aromatic hydroxyl groups is 1. The topological polar surface area (TPSA) is 86.0 Å². The minimum absolute atomic E-state index is 0.111. The predicted octanol–water partition coefficient (Wildman–Crippen LogP) is 2.62. The van der Waals surface area contributed by atoms with E-state index in [0.717, 1.165) is 0 Å². The molecule has 0 saturated heterocycles. The molecule has 1 aromatic carbocycles. The molecule has 1 aliphatic heterocycles. The van der Waals surface area contributed by atoms with Crippen LogP contribution in [-0.2, 0) is 16.0 Å². The van der Waals surface area contributed by atoms with Gasteiger partial charge in [-0.25, -0.2) is 4.79 Å².